The van der Waals surface area contributed by atoms with Gasteiger partial charge >= 0.3 is 0 Å². The summed E-state index contributed by atoms with van der Waals surface area (Å²) in [7, 11) is -5.44. The summed E-state index contributed by atoms with van der Waals surface area (Å²) in [4.78, 5) is 40.6. The highest BCUT2D eigenvalue weighted by Crippen LogP contribution is 2.30. The van der Waals surface area contributed by atoms with E-state index in [9.17, 15) is 39.1 Å². The number of aliphatic hydroxyl groups is 4. The largest absolute Gasteiger partial charge is 0.385 e. The highest BCUT2D eigenvalue weighted by Gasteiger charge is 2.58. The van der Waals surface area contributed by atoms with Crippen LogP contribution >= 0.6 is 16.1 Å². The summed E-state index contributed by atoms with van der Waals surface area (Å²) in [5.41, 5.74) is -2.88. The smallest absolute Gasteiger partial charge is 0.231 e. The molecule has 0 aromatic carbocycles. The number of rotatable bonds is 8. The average molecular weight is 436 g/mol. The molecule has 2 amide bonds. The molecule has 0 aromatic heterocycles. The van der Waals surface area contributed by atoms with E-state index in [1.165, 1.54) is 0 Å². The predicted molar refractivity (Wildman–Crippen MR) is 87.1 cm³/mol. The van der Waals surface area contributed by atoms with E-state index in [2.05, 4.69) is 0 Å². The summed E-state index contributed by atoms with van der Waals surface area (Å²) >= 11 is 0. The molecular formula is C11H22N2O12P2. The number of hydrogen-bond acceptors (Lipinski definition) is 10. The fraction of sp³-hybridized carbons (Fsp3) is 0.818. The third-order valence-corrected chi connectivity index (χ3v) is 4.82. The lowest BCUT2D eigenvalue weighted by Gasteiger charge is -2.48. The Labute approximate surface area is 153 Å². The number of methoxy groups -OCH3 is 1. The molecule has 1 rings (SSSR count). The molecule has 0 aromatic rings. The fourth-order valence-electron chi connectivity index (χ4n) is 2.36. The highest BCUT2D eigenvalue weighted by molar-refractivity contribution is 7.39. The van der Waals surface area contributed by atoms with Gasteiger partial charge in [-0.1, -0.05) is 0 Å². The molecule has 14 nitrogen and oxygen atoms in total. The first-order valence-corrected chi connectivity index (χ1v) is 10.5. The lowest BCUT2D eigenvalue weighted by atomic mass is 9.90. The zero-order valence-electron chi connectivity index (χ0n) is 13.9. The van der Waals surface area contributed by atoms with Gasteiger partial charge in [-0.15, -0.1) is 0 Å². The van der Waals surface area contributed by atoms with E-state index in [-0.39, 0.29) is 0 Å². The number of amides is 2. The zero-order valence-corrected chi connectivity index (χ0v) is 15.9. The van der Waals surface area contributed by atoms with Gasteiger partial charge in [-0.05, 0) is 0 Å². The summed E-state index contributed by atoms with van der Waals surface area (Å²) < 4.78 is 31.2. The average Bonchev–Trinajstić information content (AvgIpc) is 2.51. The van der Waals surface area contributed by atoms with Gasteiger partial charge in [0.15, 0.2) is 40.4 Å². The standard InChI is InChI=1S/C11H22N2O12P2/c1-24-10-8(17)11(19,13-5(15)3-27(22)23)7(16)6(25-10)9(18)12-4(14)2-26(20)21/h6-10,16-19,26-27H,2-3H2,1H3,(H,12,14)(H,13,15)(H,20,21)(H,22,23)/t6-,7+,8+,9?,10-,11-/m0/s1. The second kappa shape index (κ2) is 10.0. The lowest BCUT2D eigenvalue weighted by molar-refractivity contribution is -0.341. The van der Waals surface area contributed by atoms with Crippen molar-refractivity contribution in [2.24, 2.45) is 0 Å². The van der Waals surface area contributed by atoms with Gasteiger partial charge < -0.3 is 50.3 Å². The third kappa shape index (κ3) is 6.29. The molecule has 1 aliphatic heterocycles. The number of hydrogen-bond donors (Lipinski definition) is 8. The van der Waals surface area contributed by atoms with Crippen LogP contribution in [0.5, 0.6) is 0 Å². The van der Waals surface area contributed by atoms with Crippen molar-refractivity contribution in [3.63, 3.8) is 0 Å². The van der Waals surface area contributed by atoms with Crippen LogP contribution in [0.1, 0.15) is 0 Å². The van der Waals surface area contributed by atoms with Crippen molar-refractivity contribution >= 4 is 27.9 Å². The van der Waals surface area contributed by atoms with Gasteiger partial charge in [0.05, 0.1) is 0 Å². The summed E-state index contributed by atoms with van der Waals surface area (Å²) in [6.07, 6.45) is -11.7. The molecule has 1 heterocycles. The van der Waals surface area contributed by atoms with E-state index < -0.39 is 76.7 Å². The van der Waals surface area contributed by atoms with Gasteiger partial charge in [0.2, 0.25) is 11.8 Å². The van der Waals surface area contributed by atoms with Crippen LogP contribution in [0.2, 0.25) is 0 Å². The quantitative estimate of drug-likeness (QED) is 0.132. The Morgan fingerprint density at radius 2 is 1.67 bits per heavy atom. The molecule has 1 aliphatic rings. The molecule has 0 radical (unpaired) electrons. The molecule has 0 saturated carbocycles. The summed E-state index contributed by atoms with van der Waals surface area (Å²) in [6.45, 7) is 0. The monoisotopic (exact) mass is 436 g/mol. The van der Waals surface area contributed by atoms with E-state index in [1.807, 2.05) is 5.32 Å². The Hall–Kier alpha value is -0.920. The van der Waals surface area contributed by atoms with Crippen LogP contribution in [0.25, 0.3) is 0 Å². The molecule has 1 fully saturated rings. The van der Waals surface area contributed by atoms with Crippen LogP contribution in [0, 0.1) is 0 Å². The van der Waals surface area contributed by atoms with Crippen LogP contribution in [0.15, 0.2) is 0 Å². The topological polar surface area (TPSA) is 232 Å². The normalized spacial score (nSPS) is 34.3. The van der Waals surface area contributed by atoms with Crippen LogP contribution in [0.4, 0.5) is 0 Å². The summed E-state index contributed by atoms with van der Waals surface area (Å²) in [5.74, 6) is -2.27. The first kappa shape index (κ1) is 24.1. The van der Waals surface area contributed by atoms with Gasteiger partial charge in [0, 0.05) is 7.11 Å². The van der Waals surface area contributed by atoms with E-state index in [0.717, 1.165) is 7.11 Å². The zero-order chi connectivity index (χ0) is 20.9. The molecular weight excluding hydrogens is 414 g/mol. The Balaban J connectivity index is 3.03. The highest BCUT2D eigenvalue weighted by atomic mass is 31.1. The Morgan fingerprint density at radius 1 is 1.15 bits per heavy atom. The van der Waals surface area contributed by atoms with E-state index in [4.69, 9.17) is 19.3 Å². The van der Waals surface area contributed by atoms with Crippen molar-refractivity contribution in [2.45, 2.75) is 36.6 Å². The van der Waals surface area contributed by atoms with Crippen LogP contribution in [0.3, 0.4) is 0 Å². The van der Waals surface area contributed by atoms with E-state index in [1.54, 1.807) is 5.32 Å². The SMILES string of the molecule is CO[C@H]1O[C@H](C(O)NC(=O)C[PH](=O)O)[C@@H](O)[C@@](O)(NC(=O)C[PH](=O)O)[C@@H]1O. The first-order valence-electron chi connectivity index (χ1n) is 7.41. The summed E-state index contributed by atoms with van der Waals surface area (Å²) in [5, 5.41) is 44.5. The molecule has 0 bridgehead atoms. The minimum Gasteiger partial charge on any atom is -0.385 e. The number of carbonyl (C=O) groups excluding carboxylic acids is 2. The molecule has 1 saturated heterocycles. The van der Waals surface area contributed by atoms with Crippen molar-refractivity contribution in [1.82, 2.24) is 10.6 Å². The second-order valence-corrected chi connectivity index (χ2v) is 7.90. The van der Waals surface area contributed by atoms with Crippen molar-refractivity contribution in [2.75, 3.05) is 19.4 Å². The van der Waals surface area contributed by atoms with Crippen molar-refractivity contribution in [1.29, 1.82) is 0 Å². The molecule has 8 N–H and O–H groups in total. The minimum absolute atomic E-state index is 0.827. The Bertz CT molecular complexity index is 606. The van der Waals surface area contributed by atoms with Crippen LogP contribution in [-0.4, -0.2) is 98.0 Å². The molecule has 158 valence electrons. The van der Waals surface area contributed by atoms with Crippen LogP contribution in [-0.2, 0) is 28.2 Å². The Morgan fingerprint density at radius 3 is 2.15 bits per heavy atom. The van der Waals surface area contributed by atoms with Gasteiger partial charge in [0.25, 0.3) is 0 Å². The first-order chi connectivity index (χ1) is 12.4. The van der Waals surface area contributed by atoms with Gasteiger partial charge in [-0.2, -0.15) is 0 Å². The van der Waals surface area contributed by atoms with E-state index in [0.29, 0.717) is 0 Å². The van der Waals surface area contributed by atoms with Gasteiger partial charge in [-0.25, -0.2) is 0 Å². The van der Waals surface area contributed by atoms with Crippen molar-refractivity contribution < 1.29 is 58.4 Å². The Kier molecular flexibility index (Phi) is 8.96. The van der Waals surface area contributed by atoms with Gasteiger partial charge in [0.1, 0.15) is 24.5 Å². The molecule has 27 heavy (non-hydrogen) atoms. The molecule has 16 heteroatoms. The van der Waals surface area contributed by atoms with Crippen molar-refractivity contribution in [3.8, 4) is 0 Å². The molecule has 0 aliphatic carbocycles. The predicted octanol–water partition coefficient (Wildman–Crippen LogP) is -4.75. The second-order valence-electron chi connectivity index (χ2n) is 5.62. The molecule has 8 atom stereocenters. The number of carbonyl (C=O) groups is 2. The third-order valence-electron chi connectivity index (χ3n) is 3.58. The maximum atomic E-state index is 11.7. The maximum absolute atomic E-state index is 11.7. The van der Waals surface area contributed by atoms with Gasteiger partial charge in [-0.3, -0.25) is 18.7 Å². The number of aliphatic hydroxyl groups excluding tert-OH is 3. The molecule has 0 spiro atoms. The number of ether oxygens (including phenoxy) is 2. The molecule has 3 unspecified atom stereocenters. The maximum Gasteiger partial charge on any atom is 0.231 e. The lowest BCUT2D eigenvalue weighted by Crippen LogP contribution is -2.76. The van der Waals surface area contributed by atoms with Crippen LogP contribution < -0.4 is 10.6 Å². The van der Waals surface area contributed by atoms with Crippen molar-refractivity contribution in [3.05, 3.63) is 0 Å². The summed E-state index contributed by atoms with van der Waals surface area (Å²) in [6, 6.07) is 0. The van der Waals surface area contributed by atoms with E-state index >= 15 is 0 Å². The minimum atomic E-state index is -3.28. The fourth-order valence-corrected chi connectivity index (χ4v) is 3.10. The number of nitrogens with one attached hydrogen (secondary N) is 2.